The van der Waals surface area contributed by atoms with E-state index in [9.17, 15) is 18.0 Å². The summed E-state index contributed by atoms with van der Waals surface area (Å²) >= 11 is 1.14. The fourth-order valence-corrected chi connectivity index (χ4v) is 5.77. The van der Waals surface area contributed by atoms with E-state index in [1.54, 1.807) is 41.8 Å². The van der Waals surface area contributed by atoms with Crippen molar-refractivity contribution in [2.75, 3.05) is 17.8 Å². The van der Waals surface area contributed by atoms with E-state index >= 15 is 0 Å². The van der Waals surface area contributed by atoms with Gasteiger partial charge < -0.3 is 10.2 Å². The standard InChI is InChI=1S/C22H29N3O4S2/c1-3-16(4-2)22(27)25-13-11-18(12-14-25)23-21(26)17-7-9-19(10-8-17)24-31(28,29)20-6-5-15-30-20/h5-10,15-16,18,24H,3-4,11-14H2,1-2H3,(H,23,26). The molecule has 0 unspecified atom stereocenters. The van der Waals surface area contributed by atoms with Gasteiger partial charge >= 0.3 is 0 Å². The molecule has 0 spiro atoms. The largest absolute Gasteiger partial charge is 0.349 e. The number of carbonyl (C=O) groups is 2. The summed E-state index contributed by atoms with van der Waals surface area (Å²) in [5.74, 6) is 0.106. The van der Waals surface area contributed by atoms with Gasteiger partial charge in [-0.05, 0) is 61.4 Å². The second kappa shape index (κ2) is 10.3. The predicted molar refractivity (Wildman–Crippen MR) is 123 cm³/mol. The lowest BCUT2D eigenvalue weighted by Crippen LogP contribution is -2.48. The molecule has 2 heterocycles. The summed E-state index contributed by atoms with van der Waals surface area (Å²) in [6.45, 7) is 5.39. The Kier molecular flexibility index (Phi) is 7.72. The zero-order valence-corrected chi connectivity index (χ0v) is 19.5. The van der Waals surface area contributed by atoms with Crippen molar-refractivity contribution in [2.24, 2.45) is 5.92 Å². The van der Waals surface area contributed by atoms with E-state index in [1.807, 2.05) is 18.7 Å². The lowest BCUT2D eigenvalue weighted by Gasteiger charge is -2.34. The normalized spacial score (nSPS) is 15.1. The Morgan fingerprint density at radius 3 is 2.29 bits per heavy atom. The number of nitrogens with zero attached hydrogens (tertiary/aromatic N) is 1. The number of piperidine rings is 1. The summed E-state index contributed by atoms with van der Waals surface area (Å²) in [6.07, 6.45) is 3.17. The van der Waals surface area contributed by atoms with Gasteiger partial charge in [-0.25, -0.2) is 8.42 Å². The molecule has 1 aromatic carbocycles. The molecule has 1 fully saturated rings. The molecule has 0 saturated carbocycles. The molecule has 2 amide bonds. The first kappa shape index (κ1) is 23.3. The topological polar surface area (TPSA) is 95.6 Å². The van der Waals surface area contributed by atoms with Gasteiger partial charge in [-0.1, -0.05) is 19.9 Å². The van der Waals surface area contributed by atoms with Crippen molar-refractivity contribution >= 4 is 38.9 Å². The van der Waals surface area contributed by atoms with Crippen molar-refractivity contribution in [3.63, 3.8) is 0 Å². The molecule has 1 aliphatic rings. The zero-order chi connectivity index (χ0) is 22.4. The van der Waals surface area contributed by atoms with E-state index < -0.39 is 10.0 Å². The van der Waals surface area contributed by atoms with E-state index in [1.165, 1.54) is 0 Å². The Bertz CT molecular complexity index is 976. The molecule has 168 valence electrons. The number of hydrogen-bond donors (Lipinski definition) is 2. The van der Waals surface area contributed by atoms with Crippen LogP contribution in [0.5, 0.6) is 0 Å². The van der Waals surface area contributed by atoms with Crippen molar-refractivity contribution in [3.8, 4) is 0 Å². The van der Waals surface area contributed by atoms with E-state index in [4.69, 9.17) is 0 Å². The minimum atomic E-state index is -3.61. The number of nitrogens with one attached hydrogen (secondary N) is 2. The third-order valence-electron chi connectivity index (χ3n) is 5.64. The Morgan fingerprint density at radius 1 is 1.10 bits per heavy atom. The highest BCUT2D eigenvalue weighted by molar-refractivity contribution is 7.94. The molecule has 2 aromatic rings. The van der Waals surface area contributed by atoms with Crippen LogP contribution >= 0.6 is 11.3 Å². The second-order valence-corrected chi connectivity index (χ2v) is 10.6. The first-order valence-electron chi connectivity index (χ1n) is 10.6. The molecule has 0 aliphatic carbocycles. The number of amides is 2. The van der Waals surface area contributed by atoms with Crippen LogP contribution in [0.15, 0.2) is 46.0 Å². The van der Waals surface area contributed by atoms with Gasteiger partial charge in [-0.3, -0.25) is 14.3 Å². The third-order valence-corrected chi connectivity index (χ3v) is 8.41. The minimum absolute atomic E-state index is 0.0234. The van der Waals surface area contributed by atoms with Crippen molar-refractivity contribution in [2.45, 2.75) is 49.8 Å². The van der Waals surface area contributed by atoms with Crippen LogP contribution in [0.3, 0.4) is 0 Å². The predicted octanol–water partition coefficient (Wildman–Crippen LogP) is 3.71. The minimum Gasteiger partial charge on any atom is -0.349 e. The summed E-state index contributed by atoms with van der Waals surface area (Å²) in [5.41, 5.74) is 0.868. The fourth-order valence-electron chi connectivity index (χ4n) is 3.72. The van der Waals surface area contributed by atoms with Crippen LogP contribution in [0.2, 0.25) is 0 Å². The smallest absolute Gasteiger partial charge is 0.271 e. The maximum atomic E-state index is 12.6. The van der Waals surface area contributed by atoms with Crippen LogP contribution in [0.4, 0.5) is 5.69 Å². The van der Waals surface area contributed by atoms with Crippen LogP contribution in [-0.4, -0.2) is 44.3 Å². The molecule has 2 N–H and O–H groups in total. The molecule has 31 heavy (non-hydrogen) atoms. The number of hydrogen-bond acceptors (Lipinski definition) is 5. The summed E-state index contributed by atoms with van der Waals surface area (Å²) in [4.78, 5) is 27.0. The third kappa shape index (κ3) is 5.86. The van der Waals surface area contributed by atoms with E-state index in [0.717, 1.165) is 37.0 Å². The molecule has 0 bridgehead atoms. The number of carbonyl (C=O) groups excluding carboxylic acids is 2. The highest BCUT2D eigenvalue weighted by atomic mass is 32.2. The number of benzene rings is 1. The number of thiophene rings is 1. The van der Waals surface area contributed by atoms with Crippen LogP contribution < -0.4 is 10.0 Å². The number of likely N-dealkylation sites (tertiary alicyclic amines) is 1. The lowest BCUT2D eigenvalue weighted by molar-refractivity contribution is -0.136. The van der Waals surface area contributed by atoms with Crippen molar-refractivity contribution in [3.05, 3.63) is 47.3 Å². The Labute approximate surface area is 187 Å². The highest BCUT2D eigenvalue weighted by Gasteiger charge is 2.27. The maximum Gasteiger partial charge on any atom is 0.271 e. The first-order valence-corrected chi connectivity index (χ1v) is 13.0. The summed E-state index contributed by atoms with van der Waals surface area (Å²) in [7, 11) is -3.61. The van der Waals surface area contributed by atoms with Crippen LogP contribution in [0, 0.1) is 5.92 Å². The van der Waals surface area contributed by atoms with Crippen LogP contribution in [0.1, 0.15) is 49.9 Å². The lowest BCUT2D eigenvalue weighted by atomic mass is 9.98. The summed E-state index contributed by atoms with van der Waals surface area (Å²) < 4.78 is 27.3. The number of anilines is 1. The average molecular weight is 464 g/mol. The summed E-state index contributed by atoms with van der Waals surface area (Å²) in [5, 5.41) is 4.73. The molecule has 7 nitrogen and oxygen atoms in total. The second-order valence-electron chi connectivity index (χ2n) is 7.70. The highest BCUT2D eigenvalue weighted by Crippen LogP contribution is 2.21. The van der Waals surface area contributed by atoms with Gasteiger partial charge in [0.2, 0.25) is 5.91 Å². The number of rotatable bonds is 8. The Morgan fingerprint density at radius 2 is 1.74 bits per heavy atom. The molecular weight excluding hydrogens is 434 g/mol. The fraction of sp³-hybridized carbons (Fsp3) is 0.455. The van der Waals surface area contributed by atoms with E-state index in [-0.39, 0.29) is 28.0 Å². The van der Waals surface area contributed by atoms with Gasteiger partial charge in [0.25, 0.3) is 15.9 Å². The van der Waals surface area contributed by atoms with Gasteiger partial charge in [0.05, 0.1) is 0 Å². The van der Waals surface area contributed by atoms with Crippen molar-refractivity contribution in [1.82, 2.24) is 10.2 Å². The first-order chi connectivity index (χ1) is 14.8. The van der Waals surface area contributed by atoms with Gasteiger partial charge in [0, 0.05) is 36.3 Å². The molecule has 3 rings (SSSR count). The molecule has 0 radical (unpaired) electrons. The SMILES string of the molecule is CCC(CC)C(=O)N1CCC(NC(=O)c2ccc(NS(=O)(=O)c3cccs3)cc2)CC1. The molecule has 1 saturated heterocycles. The molecule has 1 aliphatic heterocycles. The molecular formula is C22H29N3O4S2. The number of sulfonamides is 1. The zero-order valence-electron chi connectivity index (χ0n) is 17.8. The van der Waals surface area contributed by atoms with Gasteiger partial charge in [-0.15, -0.1) is 11.3 Å². The maximum absolute atomic E-state index is 12.6. The summed E-state index contributed by atoms with van der Waals surface area (Å²) in [6, 6.07) is 9.61. The average Bonchev–Trinajstić information content (AvgIpc) is 3.31. The Balaban J connectivity index is 1.52. The Hall–Kier alpha value is -2.39. The van der Waals surface area contributed by atoms with Gasteiger partial charge in [0.15, 0.2) is 0 Å². The quantitative estimate of drug-likeness (QED) is 0.624. The molecule has 9 heteroatoms. The van der Waals surface area contributed by atoms with Gasteiger partial charge in [-0.2, -0.15) is 0 Å². The van der Waals surface area contributed by atoms with E-state index in [0.29, 0.717) is 24.3 Å². The van der Waals surface area contributed by atoms with E-state index in [2.05, 4.69) is 10.0 Å². The van der Waals surface area contributed by atoms with Crippen LogP contribution in [0.25, 0.3) is 0 Å². The van der Waals surface area contributed by atoms with Crippen molar-refractivity contribution < 1.29 is 18.0 Å². The molecule has 0 atom stereocenters. The van der Waals surface area contributed by atoms with Gasteiger partial charge in [0.1, 0.15) is 4.21 Å². The van der Waals surface area contributed by atoms with Crippen LogP contribution in [-0.2, 0) is 14.8 Å². The molecule has 1 aromatic heterocycles. The monoisotopic (exact) mass is 463 g/mol. The van der Waals surface area contributed by atoms with Crippen molar-refractivity contribution in [1.29, 1.82) is 0 Å².